The van der Waals surface area contributed by atoms with Crippen molar-refractivity contribution in [1.29, 1.82) is 0 Å². The molecule has 0 spiro atoms. The second-order valence-corrected chi connectivity index (χ2v) is 11.0. The van der Waals surface area contributed by atoms with Gasteiger partial charge in [-0.2, -0.15) is 0 Å². The second-order valence-electron chi connectivity index (χ2n) is 8.61. The van der Waals surface area contributed by atoms with E-state index in [2.05, 4.69) is 5.32 Å². The number of ether oxygens (including phenoxy) is 1. The molecule has 0 aliphatic rings. The largest absolute Gasteiger partial charge is 0.497 e. The summed E-state index contributed by atoms with van der Waals surface area (Å²) in [6, 6.07) is 13.2. The lowest BCUT2D eigenvalue weighted by Gasteiger charge is -2.29. The molecule has 2 aromatic carbocycles. The minimum absolute atomic E-state index is 0.0787. The molecule has 0 fully saturated rings. The normalized spacial score (nSPS) is 12.0. The molecule has 0 bridgehead atoms. The van der Waals surface area contributed by atoms with E-state index in [4.69, 9.17) is 16.3 Å². The summed E-state index contributed by atoms with van der Waals surface area (Å²) in [5.41, 5.74) is 1.30. The first-order valence-electron chi connectivity index (χ1n) is 12.0. The Hall–Kier alpha value is -2.78. The number of hydrogen-bond donors (Lipinski definition) is 1. The van der Waals surface area contributed by atoms with Crippen molar-refractivity contribution in [3.63, 3.8) is 0 Å². The summed E-state index contributed by atoms with van der Waals surface area (Å²) in [4.78, 5) is 27.5. The number of rotatable bonds is 14. The maximum atomic E-state index is 13.3. The van der Waals surface area contributed by atoms with Crippen LogP contribution in [0.5, 0.6) is 5.75 Å². The van der Waals surface area contributed by atoms with Gasteiger partial charge in [0.2, 0.25) is 21.8 Å². The summed E-state index contributed by atoms with van der Waals surface area (Å²) in [6.07, 6.45) is 3.30. The Labute approximate surface area is 219 Å². The van der Waals surface area contributed by atoms with Crippen LogP contribution in [0.1, 0.15) is 45.1 Å². The highest BCUT2D eigenvalue weighted by atomic mass is 35.5. The summed E-state index contributed by atoms with van der Waals surface area (Å²) < 4.78 is 31.3. The lowest BCUT2D eigenvalue weighted by Crippen LogP contribution is -2.48. The molecule has 2 amide bonds. The number of sulfonamides is 1. The van der Waals surface area contributed by atoms with Crippen LogP contribution in [0.2, 0.25) is 5.02 Å². The molecule has 36 heavy (non-hydrogen) atoms. The van der Waals surface area contributed by atoms with E-state index in [0.717, 1.165) is 24.7 Å². The fourth-order valence-electron chi connectivity index (χ4n) is 3.70. The van der Waals surface area contributed by atoms with E-state index in [9.17, 15) is 18.0 Å². The molecular weight excluding hydrogens is 502 g/mol. The SMILES string of the molecule is CCCCNC(=O)C(C)N(Cc1cccc(Cl)c1)C(=O)CCCN(c1ccc(OC)cc1)S(C)(=O)=O. The first-order chi connectivity index (χ1) is 17.1. The van der Waals surface area contributed by atoms with Gasteiger partial charge in [-0.3, -0.25) is 13.9 Å². The summed E-state index contributed by atoms with van der Waals surface area (Å²) in [6.45, 7) is 4.62. The van der Waals surface area contributed by atoms with Crippen LogP contribution in [-0.2, 0) is 26.2 Å². The zero-order valence-corrected chi connectivity index (χ0v) is 22.9. The quantitative estimate of drug-likeness (QED) is 0.364. The van der Waals surface area contributed by atoms with Crippen molar-refractivity contribution in [1.82, 2.24) is 10.2 Å². The van der Waals surface area contributed by atoms with Gasteiger partial charge in [0.15, 0.2) is 0 Å². The average molecular weight is 538 g/mol. The number of nitrogens with one attached hydrogen (secondary N) is 1. The van der Waals surface area contributed by atoms with Gasteiger partial charge in [0, 0.05) is 31.1 Å². The van der Waals surface area contributed by atoms with Crippen LogP contribution in [-0.4, -0.2) is 57.6 Å². The van der Waals surface area contributed by atoms with Crippen molar-refractivity contribution in [3.8, 4) is 5.75 Å². The molecule has 8 nitrogen and oxygen atoms in total. The average Bonchev–Trinajstić information content (AvgIpc) is 2.84. The number of anilines is 1. The van der Waals surface area contributed by atoms with Crippen LogP contribution < -0.4 is 14.4 Å². The van der Waals surface area contributed by atoms with E-state index in [1.165, 1.54) is 16.3 Å². The van der Waals surface area contributed by atoms with Crippen molar-refractivity contribution in [2.45, 2.75) is 52.1 Å². The minimum Gasteiger partial charge on any atom is -0.497 e. The van der Waals surface area contributed by atoms with Gasteiger partial charge in [-0.05, 0) is 61.7 Å². The molecular formula is C26H36ClN3O5S. The minimum atomic E-state index is -3.56. The van der Waals surface area contributed by atoms with Gasteiger partial charge in [0.1, 0.15) is 11.8 Å². The van der Waals surface area contributed by atoms with Crippen molar-refractivity contribution in [2.75, 3.05) is 30.8 Å². The number of unbranched alkanes of at least 4 members (excludes halogenated alkanes) is 1. The monoisotopic (exact) mass is 537 g/mol. The van der Waals surface area contributed by atoms with E-state index < -0.39 is 16.1 Å². The number of nitrogens with zero attached hydrogens (tertiary/aromatic N) is 2. The molecule has 0 radical (unpaired) electrons. The number of benzene rings is 2. The van der Waals surface area contributed by atoms with Crippen LogP contribution in [0.4, 0.5) is 5.69 Å². The fourth-order valence-corrected chi connectivity index (χ4v) is 4.88. The Morgan fingerprint density at radius 3 is 2.39 bits per heavy atom. The van der Waals surface area contributed by atoms with Gasteiger partial charge in [0.05, 0.1) is 19.1 Å². The molecule has 198 valence electrons. The fraction of sp³-hybridized carbons (Fsp3) is 0.462. The van der Waals surface area contributed by atoms with Crippen molar-refractivity contribution in [2.24, 2.45) is 0 Å². The van der Waals surface area contributed by atoms with Crippen LogP contribution >= 0.6 is 11.6 Å². The maximum Gasteiger partial charge on any atom is 0.242 e. The van der Waals surface area contributed by atoms with Crippen LogP contribution in [0, 0.1) is 0 Å². The molecule has 0 heterocycles. The molecule has 1 N–H and O–H groups in total. The number of carbonyl (C=O) groups is 2. The Balaban J connectivity index is 2.14. The van der Waals surface area contributed by atoms with Gasteiger partial charge < -0.3 is 15.0 Å². The molecule has 0 saturated carbocycles. The molecule has 2 aromatic rings. The maximum absolute atomic E-state index is 13.3. The molecule has 1 atom stereocenters. The predicted molar refractivity (Wildman–Crippen MR) is 144 cm³/mol. The highest BCUT2D eigenvalue weighted by Crippen LogP contribution is 2.22. The summed E-state index contributed by atoms with van der Waals surface area (Å²) in [7, 11) is -2.03. The zero-order chi connectivity index (χ0) is 26.7. The molecule has 0 aromatic heterocycles. The smallest absolute Gasteiger partial charge is 0.242 e. The van der Waals surface area contributed by atoms with E-state index in [-0.39, 0.29) is 37.7 Å². The Morgan fingerprint density at radius 1 is 1.11 bits per heavy atom. The Kier molecular flexibility index (Phi) is 11.5. The third-order valence-corrected chi connectivity index (χ3v) is 7.18. The second kappa shape index (κ2) is 14.1. The number of methoxy groups -OCH3 is 1. The van der Waals surface area contributed by atoms with Gasteiger partial charge in [-0.15, -0.1) is 0 Å². The standard InChI is InChI=1S/C26H36ClN3O5S/c1-5-6-16-28-26(32)20(2)29(19-21-9-7-10-22(27)18-21)25(31)11-8-17-30(36(4,33)34)23-12-14-24(35-3)15-13-23/h7,9-10,12-15,18,20H,5-6,8,11,16-17,19H2,1-4H3,(H,28,32). The van der Waals surface area contributed by atoms with E-state index in [1.54, 1.807) is 49.4 Å². The molecule has 10 heteroatoms. The molecule has 0 aliphatic heterocycles. The molecule has 1 unspecified atom stereocenters. The van der Waals surface area contributed by atoms with Gasteiger partial charge in [0.25, 0.3) is 0 Å². The van der Waals surface area contributed by atoms with Crippen molar-refractivity contribution >= 4 is 39.1 Å². The number of carbonyl (C=O) groups excluding carboxylic acids is 2. The number of halogens is 1. The first-order valence-corrected chi connectivity index (χ1v) is 14.2. The number of hydrogen-bond acceptors (Lipinski definition) is 5. The van der Waals surface area contributed by atoms with Gasteiger partial charge in [-0.25, -0.2) is 8.42 Å². The molecule has 0 saturated heterocycles. The van der Waals surface area contributed by atoms with E-state index >= 15 is 0 Å². The third-order valence-electron chi connectivity index (χ3n) is 5.75. The van der Waals surface area contributed by atoms with E-state index in [1.807, 2.05) is 13.0 Å². The highest BCUT2D eigenvalue weighted by Gasteiger charge is 2.26. The van der Waals surface area contributed by atoms with Crippen LogP contribution in [0.25, 0.3) is 0 Å². The highest BCUT2D eigenvalue weighted by molar-refractivity contribution is 7.92. The summed E-state index contributed by atoms with van der Waals surface area (Å²) in [5.74, 6) is 0.149. The summed E-state index contributed by atoms with van der Waals surface area (Å²) in [5, 5.41) is 3.43. The summed E-state index contributed by atoms with van der Waals surface area (Å²) >= 11 is 6.12. The zero-order valence-electron chi connectivity index (χ0n) is 21.4. The molecule has 0 aliphatic carbocycles. The van der Waals surface area contributed by atoms with E-state index in [0.29, 0.717) is 23.0 Å². The van der Waals surface area contributed by atoms with Gasteiger partial charge >= 0.3 is 0 Å². The molecule has 2 rings (SSSR count). The van der Waals surface area contributed by atoms with Crippen molar-refractivity contribution in [3.05, 3.63) is 59.1 Å². The predicted octanol–water partition coefficient (Wildman–Crippen LogP) is 4.23. The van der Waals surface area contributed by atoms with Crippen LogP contribution in [0.3, 0.4) is 0 Å². The lowest BCUT2D eigenvalue weighted by atomic mass is 10.1. The Bertz CT molecular complexity index is 1110. The Morgan fingerprint density at radius 2 is 1.81 bits per heavy atom. The topological polar surface area (TPSA) is 96.0 Å². The van der Waals surface area contributed by atoms with Gasteiger partial charge in [-0.1, -0.05) is 37.1 Å². The lowest BCUT2D eigenvalue weighted by molar-refractivity contribution is -0.140. The van der Waals surface area contributed by atoms with Crippen LogP contribution in [0.15, 0.2) is 48.5 Å². The van der Waals surface area contributed by atoms with Crippen molar-refractivity contribution < 1.29 is 22.7 Å². The first kappa shape index (κ1) is 29.5. The third kappa shape index (κ3) is 9.02. The number of amides is 2.